The summed E-state index contributed by atoms with van der Waals surface area (Å²) in [5.74, 6) is -1.59. The van der Waals surface area contributed by atoms with Crippen LogP contribution in [0.3, 0.4) is 0 Å². The summed E-state index contributed by atoms with van der Waals surface area (Å²) in [5.41, 5.74) is 6.57. The van der Waals surface area contributed by atoms with E-state index in [1.54, 1.807) is 24.3 Å². The van der Waals surface area contributed by atoms with Gasteiger partial charge in [-0.05, 0) is 17.7 Å². The summed E-state index contributed by atoms with van der Waals surface area (Å²) in [6, 6.07) is 6.54. The normalized spacial score (nSPS) is 11.1. The molecule has 0 bridgehead atoms. The van der Waals surface area contributed by atoms with Gasteiger partial charge in [0.05, 0.1) is 12.9 Å². The number of methoxy groups -OCH3 is 1. The number of carbonyl (C=O) groups excluding carboxylic acids is 1. The van der Waals surface area contributed by atoms with E-state index in [4.69, 9.17) is 5.73 Å². The minimum absolute atomic E-state index is 0.215. The molecule has 0 aliphatic carbocycles. The van der Waals surface area contributed by atoms with Crippen molar-refractivity contribution >= 4 is 21.5 Å². The lowest BCUT2D eigenvalue weighted by Crippen LogP contribution is -2.18. The lowest BCUT2D eigenvalue weighted by molar-refractivity contribution is -0.137. The van der Waals surface area contributed by atoms with Crippen molar-refractivity contribution in [2.45, 2.75) is 5.75 Å². The van der Waals surface area contributed by atoms with Crippen LogP contribution in [0.1, 0.15) is 5.56 Å². The van der Waals surface area contributed by atoms with Crippen LogP contribution < -0.4 is 5.73 Å². The third kappa shape index (κ3) is 3.90. The second kappa shape index (κ2) is 4.98. The predicted molar refractivity (Wildman–Crippen MR) is 60.4 cm³/mol. The number of anilines is 1. The van der Waals surface area contributed by atoms with Crippen LogP contribution in [0.15, 0.2) is 24.3 Å². The Hall–Kier alpha value is -1.56. The number of carbonyl (C=O) groups is 1. The van der Waals surface area contributed by atoms with Gasteiger partial charge < -0.3 is 10.5 Å². The Morgan fingerprint density at radius 2 is 2.12 bits per heavy atom. The Kier molecular flexibility index (Phi) is 3.89. The average Bonchev–Trinajstić information content (AvgIpc) is 2.15. The monoisotopic (exact) mass is 243 g/mol. The van der Waals surface area contributed by atoms with Gasteiger partial charge in [0.15, 0.2) is 9.84 Å². The topological polar surface area (TPSA) is 86.5 Å². The molecular formula is C10H13NO4S. The molecule has 0 amide bonds. The summed E-state index contributed by atoms with van der Waals surface area (Å²) in [5, 5.41) is 0. The lowest BCUT2D eigenvalue weighted by atomic mass is 10.2. The van der Waals surface area contributed by atoms with E-state index in [1.807, 2.05) is 0 Å². The molecule has 5 nitrogen and oxygen atoms in total. The van der Waals surface area contributed by atoms with Crippen LogP contribution in [0.5, 0.6) is 0 Å². The first-order valence-corrected chi connectivity index (χ1v) is 6.37. The molecule has 0 aromatic heterocycles. The molecule has 0 atom stereocenters. The van der Waals surface area contributed by atoms with Crippen LogP contribution in [-0.2, 0) is 25.1 Å². The van der Waals surface area contributed by atoms with Gasteiger partial charge in [0.25, 0.3) is 0 Å². The summed E-state index contributed by atoms with van der Waals surface area (Å²) in [7, 11) is -2.34. The molecule has 1 aromatic carbocycles. The first-order chi connectivity index (χ1) is 7.43. The number of nitrogen functional groups attached to an aromatic ring is 1. The Balaban J connectivity index is 2.77. The highest BCUT2D eigenvalue weighted by Gasteiger charge is 2.17. The maximum absolute atomic E-state index is 11.5. The lowest BCUT2D eigenvalue weighted by Gasteiger charge is -2.04. The Labute approximate surface area is 94.1 Å². The average molecular weight is 243 g/mol. The highest BCUT2D eigenvalue weighted by molar-refractivity contribution is 7.91. The molecule has 6 heteroatoms. The van der Waals surface area contributed by atoms with Crippen molar-refractivity contribution in [1.29, 1.82) is 0 Å². The van der Waals surface area contributed by atoms with E-state index in [0.29, 0.717) is 11.3 Å². The molecule has 1 aromatic rings. The zero-order valence-corrected chi connectivity index (χ0v) is 9.66. The number of benzene rings is 1. The van der Waals surface area contributed by atoms with Crippen molar-refractivity contribution in [2.75, 3.05) is 18.6 Å². The molecular weight excluding hydrogens is 230 g/mol. The van der Waals surface area contributed by atoms with Gasteiger partial charge in [0.1, 0.15) is 5.75 Å². The van der Waals surface area contributed by atoms with Gasteiger partial charge in [0.2, 0.25) is 0 Å². The minimum atomic E-state index is -3.49. The summed E-state index contributed by atoms with van der Waals surface area (Å²) in [4.78, 5) is 10.9. The van der Waals surface area contributed by atoms with E-state index >= 15 is 0 Å². The van der Waals surface area contributed by atoms with Crippen molar-refractivity contribution in [3.8, 4) is 0 Å². The fourth-order valence-electron chi connectivity index (χ4n) is 1.23. The maximum atomic E-state index is 11.5. The summed E-state index contributed by atoms with van der Waals surface area (Å²) in [6.45, 7) is 0. The van der Waals surface area contributed by atoms with E-state index in [0.717, 1.165) is 7.11 Å². The third-order valence-electron chi connectivity index (χ3n) is 1.90. The SMILES string of the molecule is COC(=O)CS(=O)(=O)Cc1cccc(N)c1. The van der Waals surface area contributed by atoms with Crippen LogP contribution >= 0.6 is 0 Å². The fraction of sp³-hybridized carbons (Fsp3) is 0.300. The van der Waals surface area contributed by atoms with Crippen LogP contribution in [0.25, 0.3) is 0 Å². The standard InChI is InChI=1S/C10H13NO4S/c1-15-10(12)7-16(13,14)6-8-3-2-4-9(11)5-8/h2-5H,6-7,11H2,1H3. The number of esters is 1. The summed E-state index contributed by atoms with van der Waals surface area (Å²) >= 11 is 0. The Bertz CT molecular complexity index is 481. The Morgan fingerprint density at radius 3 is 2.69 bits per heavy atom. The first kappa shape index (κ1) is 12.5. The molecule has 0 fully saturated rings. The number of sulfone groups is 1. The van der Waals surface area contributed by atoms with Gasteiger partial charge in [-0.15, -0.1) is 0 Å². The zero-order valence-electron chi connectivity index (χ0n) is 8.84. The maximum Gasteiger partial charge on any atom is 0.320 e. The number of rotatable bonds is 4. The summed E-state index contributed by atoms with van der Waals surface area (Å²) in [6.07, 6.45) is 0. The predicted octanol–water partition coefficient (Wildman–Crippen LogP) is 0.357. The number of ether oxygens (including phenoxy) is 1. The molecule has 2 N–H and O–H groups in total. The van der Waals surface area contributed by atoms with E-state index < -0.39 is 21.6 Å². The molecule has 0 unspecified atom stereocenters. The summed E-state index contributed by atoms with van der Waals surface area (Å²) < 4.78 is 27.4. The molecule has 0 radical (unpaired) electrons. The van der Waals surface area contributed by atoms with Gasteiger partial charge in [-0.3, -0.25) is 4.79 Å². The molecule has 1 rings (SSSR count). The van der Waals surface area contributed by atoms with Gasteiger partial charge in [-0.25, -0.2) is 8.42 Å². The number of hydrogen-bond donors (Lipinski definition) is 1. The molecule has 0 saturated carbocycles. The van der Waals surface area contributed by atoms with E-state index in [9.17, 15) is 13.2 Å². The molecule has 0 aliphatic heterocycles. The molecule has 0 aliphatic rings. The molecule has 0 saturated heterocycles. The fourth-order valence-corrected chi connectivity index (χ4v) is 2.49. The van der Waals surface area contributed by atoms with Crippen molar-refractivity contribution in [3.63, 3.8) is 0 Å². The van der Waals surface area contributed by atoms with Gasteiger partial charge in [0, 0.05) is 5.69 Å². The third-order valence-corrected chi connectivity index (χ3v) is 3.35. The van der Waals surface area contributed by atoms with Crippen molar-refractivity contribution in [1.82, 2.24) is 0 Å². The largest absolute Gasteiger partial charge is 0.468 e. The van der Waals surface area contributed by atoms with E-state index in [1.165, 1.54) is 0 Å². The van der Waals surface area contributed by atoms with E-state index in [-0.39, 0.29) is 5.75 Å². The van der Waals surface area contributed by atoms with Gasteiger partial charge in [-0.1, -0.05) is 12.1 Å². The Morgan fingerprint density at radius 1 is 1.44 bits per heavy atom. The highest BCUT2D eigenvalue weighted by atomic mass is 32.2. The molecule has 16 heavy (non-hydrogen) atoms. The second-order valence-corrected chi connectivity index (χ2v) is 5.42. The van der Waals surface area contributed by atoms with E-state index in [2.05, 4.69) is 4.74 Å². The zero-order chi connectivity index (χ0) is 12.2. The number of nitrogens with two attached hydrogens (primary N) is 1. The molecule has 0 heterocycles. The van der Waals surface area contributed by atoms with Crippen molar-refractivity contribution in [3.05, 3.63) is 29.8 Å². The second-order valence-electron chi connectivity index (χ2n) is 3.35. The van der Waals surface area contributed by atoms with Crippen molar-refractivity contribution < 1.29 is 17.9 Å². The highest BCUT2D eigenvalue weighted by Crippen LogP contribution is 2.10. The van der Waals surface area contributed by atoms with Crippen LogP contribution in [-0.4, -0.2) is 27.2 Å². The van der Waals surface area contributed by atoms with Crippen LogP contribution in [0, 0.1) is 0 Å². The van der Waals surface area contributed by atoms with Crippen LogP contribution in [0.2, 0.25) is 0 Å². The first-order valence-electron chi connectivity index (χ1n) is 4.54. The quantitative estimate of drug-likeness (QED) is 0.609. The van der Waals surface area contributed by atoms with Gasteiger partial charge >= 0.3 is 5.97 Å². The molecule has 88 valence electrons. The van der Waals surface area contributed by atoms with Crippen molar-refractivity contribution in [2.24, 2.45) is 0 Å². The van der Waals surface area contributed by atoms with Crippen LogP contribution in [0.4, 0.5) is 5.69 Å². The van der Waals surface area contributed by atoms with Gasteiger partial charge in [-0.2, -0.15) is 0 Å². The minimum Gasteiger partial charge on any atom is -0.468 e. The molecule has 0 spiro atoms. The smallest absolute Gasteiger partial charge is 0.320 e. The number of hydrogen-bond acceptors (Lipinski definition) is 5.